The summed E-state index contributed by atoms with van der Waals surface area (Å²) in [5.41, 5.74) is 8.56. The summed E-state index contributed by atoms with van der Waals surface area (Å²) in [5, 5.41) is 11.4. The zero-order valence-corrected chi connectivity index (χ0v) is 14.8. The van der Waals surface area contributed by atoms with Gasteiger partial charge in [-0.05, 0) is 45.4 Å². The first kappa shape index (κ1) is 15.6. The van der Waals surface area contributed by atoms with Crippen molar-refractivity contribution in [2.75, 3.05) is 0 Å². The summed E-state index contributed by atoms with van der Waals surface area (Å²) in [7, 11) is 0. The Morgan fingerprint density at radius 1 is 0.692 bits per heavy atom. The van der Waals surface area contributed by atoms with Crippen LogP contribution >= 0.6 is 0 Å². The minimum atomic E-state index is -0.684. The van der Waals surface area contributed by atoms with Crippen molar-refractivity contribution in [2.24, 2.45) is 0 Å². The first-order valence-electron chi connectivity index (χ1n) is 9.37. The molecule has 0 radical (unpaired) electrons. The molecule has 0 amide bonds. The van der Waals surface area contributed by atoms with E-state index in [1.165, 1.54) is 39.0 Å². The summed E-state index contributed by atoms with van der Waals surface area (Å²) >= 11 is 0. The molecule has 0 heterocycles. The molecule has 2 aliphatic carbocycles. The van der Waals surface area contributed by atoms with Crippen molar-refractivity contribution in [1.82, 2.24) is 0 Å². The molecule has 0 saturated heterocycles. The number of hydrogen-bond acceptors (Lipinski definition) is 1. The highest BCUT2D eigenvalue weighted by Gasteiger charge is 2.37. The number of benzene rings is 3. The zero-order chi connectivity index (χ0) is 17.6. The largest absolute Gasteiger partial charge is 0.389 e. The minimum absolute atomic E-state index is 0.684. The molecule has 3 aromatic carbocycles. The molecular weight excluding hydrogens is 316 g/mol. The fraction of sp³-hybridized carbons (Fsp3) is 0.200. The summed E-state index contributed by atoms with van der Waals surface area (Å²) < 4.78 is 0. The van der Waals surface area contributed by atoms with Crippen molar-refractivity contribution in [3.63, 3.8) is 0 Å². The van der Waals surface area contributed by atoms with Gasteiger partial charge in [0.25, 0.3) is 0 Å². The van der Waals surface area contributed by atoms with E-state index in [2.05, 4.69) is 78.9 Å². The van der Waals surface area contributed by atoms with Crippen molar-refractivity contribution in [3.05, 3.63) is 107 Å². The predicted molar refractivity (Wildman–Crippen MR) is 107 cm³/mol. The van der Waals surface area contributed by atoms with Gasteiger partial charge in [0.05, 0.1) is 5.60 Å². The van der Waals surface area contributed by atoms with Crippen LogP contribution in [0.3, 0.4) is 0 Å². The molecule has 0 aromatic heterocycles. The molecule has 0 spiro atoms. The molecule has 0 unspecified atom stereocenters. The summed E-state index contributed by atoms with van der Waals surface area (Å²) in [6.45, 7) is 0. The number of aliphatic hydroxyl groups is 1. The van der Waals surface area contributed by atoms with Crippen LogP contribution in [-0.2, 0) is 19.3 Å². The van der Waals surface area contributed by atoms with Crippen molar-refractivity contribution in [3.8, 4) is 0 Å². The fourth-order valence-corrected chi connectivity index (χ4v) is 4.67. The normalized spacial score (nSPS) is 17.3. The van der Waals surface area contributed by atoms with Gasteiger partial charge >= 0.3 is 0 Å². The van der Waals surface area contributed by atoms with Gasteiger partial charge in [0, 0.05) is 19.3 Å². The molecule has 5 rings (SSSR count). The van der Waals surface area contributed by atoms with Gasteiger partial charge in [-0.3, -0.25) is 0 Å². The lowest BCUT2D eigenvalue weighted by Gasteiger charge is -2.24. The van der Waals surface area contributed by atoms with Gasteiger partial charge in [-0.2, -0.15) is 0 Å². The van der Waals surface area contributed by atoms with Crippen LogP contribution in [0.25, 0.3) is 11.1 Å². The summed E-state index contributed by atoms with van der Waals surface area (Å²) in [5.74, 6) is 0. The Kier molecular flexibility index (Phi) is 3.58. The summed E-state index contributed by atoms with van der Waals surface area (Å²) in [4.78, 5) is 0. The average Bonchev–Trinajstić information content (AvgIpc) is 3.20. The van der Waals surface area contributed by atoms with E-state index in [-0.39, 0.29) is 0 Å². The molecule has 128 valence electrons. The quantitative estimate of drug-likeness (QED) is 0.706. The third-order valence-electron chi connectivity index (χ3n) is 5.86. The average molecular weight is 338 g/mol. The second-order valence-corrected chi connectivity index (χ2v) is 7.68. The first-order valence-corrected chi connectivity index (χ1v) is 9.37. The van der Waals surface area contributed by atoms with Crippen LogP contribution < -0.4 is 0 Å². The smallest absolute Gasteiger partial charge is 0.0768 e. The van der Waals surface area contributed by atoms with Gasteiger partial charge in [0.15, 0.2) is 0 Å². The third-order valence-corrected chi connectivity index (χ3v) is 5.86. The maximum atomic E-state index is 11.4. The SMILES string of the molecule is OC1(CC2=C(c3ccccc3)Cc3ccccc32)Cc2ccccc2C1. The van der Waals surface area contributed by atoms with E-state index in [1.54, 1.807) is 0 Å². The van der Waals surface area contributed by atoms with Crippen molar-refractivity contribution >= 4 is 11.1 Å². The van der Waals surface area contributed by atoms with E-state index >= 15 is 0 Å². The molecule has 0 atom stereocenters. The topological polar surface area (TPSA) is 20.2 Å². The second-order valence-electron chi connectivity index (χ2n) is 7.68. The molecule has 1 N–H and O–H groups in total. The molecular formula is C25H22O. The van der Waals surface area contributed by atoms with Crippen molar-refractivity contribution < 1.29 is 5.11 Å². The van der Waals surface area contributed by atoms with Gasteiger partial charge in [-0.25, -0.2) is 0 Å². The maximum absolute atomic E-state index is 11.4. The fourth-order valence-electron chi connectivity index (χ4n) is 4.67. The van der Waals surface area contributed by atoms with Gasteiger partial charge in [-0.15, -0.1) is 0 Å². The van der Waals surface area contributed by atoms with E-state index in [0.717, 1.165) is 19.3 Å². The van der Waals surface area contributed by atoms with Crippen LogP contribution in [0.15, 0.2) is 78.9 Å². The lowest BCUT2D eigenvalue weighted by atomic mass is 9.87. The van der Waals surface area contributed by atoms with Crippen LogP contribution in [0.5, 0.6) is 0 Å². The Morgan fingerprint density at radius 3 is 1.96 bits per heavy atom. The second kappa shape index (κ2) is 5.96. The molecule has 0 saturated carbocycles. The van der Waals surface area contributed by atoms with E-state index in [4.69, 9.17) is 0 Å². The Morgan fingerprint density at radius 2 is 1.27 bits per heavy atom. The standard InChI is InChI=1S/C25H22O/c26-25(15-20-11-4-5-12-21(20)16-25)17-24-22-13-7-6-10-19(22)14-23(24)18-8-2-1-3-9-18/h1-13,26H,14-17H2. The van der Waals surface area contributed by atoms with Gasteiger partial charge in [0.1, 0.15) is 0 Å². The van der Waals surface area contributed by atoms with Crippen LogP contribution in [0.2, 0.25) is 0 Å². The number of fused-ring (bicyclic) bond motifs is 2. The highest BCUT2D eigenvalue weighted by Crippen LogP contribution is 2.45. The van der Waals surface area contributed by atoms with Crippen LogP contribution in [0, 0.1) is 0 Å². The summed E-state index contributed by atoms with van der Waals surface area (Å²) in [6, 6.07) is 27.8. The lowest BCUT2D eigenvalue weighted by molar-refractivity contribution is 0.0571. The third kappa shape index (κ3) is 2.60. The van der Waals surface area contributed by atoms with Crippen LogP contribution in [0.1, 0.15) is 34.2 Å². The van der Waals surface area contributed by atoms with Crippen LogP contribution in [0.4, 0.5) is 0 Å². The highest BCUT2D eigenvalue weighted by atomic mass is 16.3. The van der Waals surface area contributed by atoms with Crippen LogP contribution in [-0.4, -0.2) is 10.7 Å². The number of hydrogen-bond donors (Lipinski definition) is 1. The Hall–Kier alpha value is -2.64. The van der Waals surface area contributed by atoms with Crippen molar-refractivity contribution in [2.45, 2.75) is 31.3 Å². The Balaban J connectivity index is 1.56. The van der Waals surface area contributed by atoms with E-state index < -0.39 is 5.60 Å². The molecule has 3 aromatic rings. The van der Waals surface area contributed by atoms with E-state index in [0.29, 0.717) is 6.42 Å². The summed E-state index contributed by atoms with van der Waals surface area (Å²) in [6.07, 6.45) is 3.16. The number of allylic oxidation sites excluding steroid dienone is 1. The number of rotatable bonds is 3. The van der Waals surface area contributed by atoms with Crippen molar-refractivity contribution in [1.29, 1.82) is 0 Å². The maximum Gasteiger partial charge on any atom is 0.0768 e. The van der Waals surface area contributed by atoms with Gasteiger partial charge in [-0.1, -0.05) is 78.9 Å². The molecule has 1 nitrogen and oxygen atoms in total. The van der Waals surface area contributed by atoms with E-state index in [1.807, 2.05) is 0 Å². The minimum Gasteiger partial charge on any atom is -0.389 e. The molecule has 0 fully saturated rings. The molecule has 26 heavy (non-hydrogen) atoms. The predicted octanol–water partition coefficient (Wildman–Crippen LogP) is 5.07. The van der Waals surface area contributed by atoms with Gasteiger partial charge in [0.2, 0.25) is 0 Å². The molecule has 0 bridgehead atoms. The van der Waals surface area contributed by atoms with Gasteiger partial charge < -0.3 is 5.11 Å². The monoisotopic (exact) mass is 338 g/mol. The lowest BCUT2D eigenvalue weighted by Crippen LogP contribution is -2.29. The Labute approximate surface area is 154 Å². The molecule has 2 aliphatic rings. The molecule has 0 aliphatic heterocycles. The highest BCUT2D eigenvalue weighted by molar-refractivity contribution is 5.97. The molecule has 1 heteroatoms. The zero-order valence-electron chi connectivity index (χ0n) is 14.8. The Bertz CT molecular complexity index is 972. The van der Waals surface area contributed by atoms with E-state index in [9.17, 15) is 5.11 Å². The first-order chi connectivity index (χ1) is 12.7.